The van der Waals surface area contributed by atoms with Gasteiger partial charge in [0.25, 0.3) is 0 Å². The van der Waals surface area contributed by atoms with Crippen LogP contribution in [-0.4, -0.2) is 68.0 Å². The molecule has 8 heteroatoms. The molecule has 0 amide bonds. The van der Waals surface area contributed by atoms with Crippen LogP contribution < -0.4 is 0 Å². The molecule has 1 aromatic rings. The SMILES string of the molecule is CN1CCC2OCCN(S(=O)(=O)c3cncc(C#N)c3)C2C1. The van der Waals surface area contributed by atoms with Crippen molar-refractivity contribution in [2.24, 2.45) is 0 Å². The predicted molar refractivity (Wildman–Crippen MR) is 78.5 cm³/mol. The van der Waals surface area contributed by atoms with E-state index in [1.807, 2.05) is 13.1 Å². The number of piperidine rings is 1. The summed E-state index contributed by atoms with van der Waals surface area (Å²) in [6.07, 6.45) is 3.42. The van der Waals surface area contributed by atoms with Gasteiger partial charge in [-0.2, -0.15) is 9.57 Å². The van der Waals surface area contributed by atoms with Crippen molar-refractivity contribution in [3.8, 4) is 6.07 Å². The van der Waals surface area contributed by atoms with Crippen LogP contribution in [0.1, 0.15) is 12.0 Å². The van der Waals surface area contributed by atoms with Crippen molar-refractivity contribution in [3.63, 3.8) is 0 Å². The van der Waals surface area contributed by atoms with E-state index in [4.69, 9.17) is 10.00 Å². The number of nitrogens with zero attached hydrogens (tertiary/aromatic N) is 4. The topological polar surface area (TPSA) is 86.5 Å². The first kappa shape index (κ1) is 15.4. The second kappa shape index (κ2) is 5.93. The molecule has 0 radical (unpaired) electrons. The first-order chi connectivity index (χ1) is 10.5. The molecular formula is C14H18N4O3S. The number of nitriles is 1. The molecule has 0 N–H and O–H groups in total. The molecule has 2 saturated heterocycles. The number of pyridine rings is 1. The molecule has 2 unspecified atom stereocenters. The average Bonchev–Trinajstić information content (AvgIpc) is 2.54. The van der Waals surface area contributed by atoms with Crippen LogP contribution in [0.5, 0.6) is 0 Å². The molecule has 3 rings (SSSR count). The Hall–Kier alpha value is -1.53. The number of rotatable bonds is 2. The molecule has 22 heavy (non-hydrogen) atoms. The highest BCUT2D eigenvalue weighted by Gasteiger charge is 2.42. The van der Waals surface area contributed by atoms with Gasteiger partial charge in [0.1, 0.15) is 11.0 Å². The van der Waals surface area contributed by atoms with E-state index in [0.717, 1.165) is 13.0 Å². The number of likely N-dealkylation sites (N-methyl/N-ethyl adjacent to an activating group) is 1. The number of hydrogen-bond acceptors (Lipinski definition) is 6. The smallest absolute Gasteiger partial charge is 0.245 e. The molecule has 2 atom stereocenters. The van der Waals surface area contributed by atoms with Gasteiger partial charge in [-0.15, -0.1) is 0 Å². The minimum Gasteiger partial charge on any atom is -0.375 e. The Morgan fingerprint density at radius 3 is 3.00 bits per heavy atom. The Bertz CT molecular complexity index is 700. The number of hydrogen-bond donors (Lipinski definition) is 0. The maximum atomic E-state index is 12.9. The van der Waals surface area contributed by atoms with Crippen molar-refractivity contribution in [3.05, 3.63) is 24.0 Å². The fourth-order valence-electron chi connectivity index (χ4n) is 3.05. The highest BCUT2D eigenvalue weighted by molar-refractivity contribution is 7.89. The summed E-state index contributed by atoms with van der Waals surface area (Å²) in [5, 5.41) is 8.94. The van der Waals surface area contributed by atoms with Crippen LogP contribution in [0.3, 0.4) is 0 Å². The van der Waals surface area contributed by atoms with Crippen LogP contribution in [0.4, 0.5) is 0 Å². The summed E-state index contributed by atoms with van der Waals surface area (Å²) < 4.78 is 33.1. The third-order valence-corrected chi connectivity index (χ3v) is 6.08. The lowest BCUT2D eigenvalue weighted by Gasteiger charge is -2.45. The molecule has 118 valence electrons. The minimum absolute atomic E-state index is 0.0631. The van der Waals surface area contributed by atoms with E-state index in [1.54, 1.807) is 0 Å². The second-order valence-electron chi connectivity index (χ2n) is 5.66. The van der Waals surface area contributed by atoms with Crippen LogP contribution in [0.25, 0.3) is 0 Å². The van der Waals surface area contributed by atoms with Gasteiger partial charge in [-0.3, -0.25) is 4.98 Å². The zero-order chi connectivity index (χ0) is 15.7. The highest BCUT2D eigenvalue weighted by atomic mass is 32.2. The third-order valence-electron chi connectivity index (χ3n) is 4.19. The summed E-state index contributed by atoms with van der Waals surface area (Å²) in [6, 6.07) is 3.11. The highest BCUT2D eigenvalue weighted by Crippen LogP contribution is 2.28. The first-order valence-corrected chi connectivity index (χ1v) is 8.63. The summed E-state index contributed by atoms with van der Waals surface area (Å²) >= 11 is 0. The largest absolute Gasteiger partial charge is 0.375 e. The summed E-state index contributed by atoms with van der Waals surface area (Å²) in [6.45, 7) is 2.28. The van der Waals surface area contributed by atoms with Crippen molar-refractivity contribution in [2.75, 3.05) is 33.3 Å². The maximum absolute atomic E-state index is 12.9. The van der Waals surface area contributed by atoms with Gasteiger partial charge in [-0.25, -0.2) is 8.42 Å². The fourth-order valence-corrected chi connectivity index (χ4v) is 4.67. The monoisotopic (exact) mass is 322 g/mol. The molecule has 2 aliphatic heterocycles. The lowest BCUT2D eigenvalue weighted by molar-refractivity contribution is -0.0719. The van der Waals surface area contributed by atoms with Crippen LogP contribution in [-0.2, 0) is 14.8 Å². The lowest BCUT2D eigenvalue weighted by atomic mass is 10.0. The molecule has 7 nitrogen and oxygen atoms in total. The van der Waals surface area contributed by atoms with E-state index in [0.29, 0.717) is 19.7 Å². The molecule has 0 saturated carbocycles. The molecule has 1 aromatic heterocycles. The average molecular weight is 322 g/mol. The summed E-state index contributed by atoms with van der Waals surface area (Å²) in [5.41, 5.74) is 0.242. The molecule has 0 bridgehead atoms. The second-order valence-corrected chi connectivity index (χ2v) is 7.55. The minimum atomic E-state index is -3.68. The Morgan fingerprint density at radius 2 is 2.23 bits per heavy atom. The Labute approximate surface area is 130 Å². The summed E-state index contributed by atoms with van der Waals surface area (Å²) in [4.78, 5) is 6.05. The number of sulfonamides is 1. The van der Waals surface area contributed by atoms with Crippen molar-refractivity contribution in [1.82, 2.24) is 14.2 Å². The number of likely N-dealkylation sites (tertiary alicyclic amines) is 1. The first-order valence-electron chi connectivity index (χ1n) is 7.19. The lowest BCUT2D eigenvalue weighted by Crippen LogP contribution is -2.60. The van der Waals surface area contributed by atoms with Gasteiger partial charge in [0.05, 0.1) is 24.3 Å². The van der Waals surface area contributed by atoms with Crippen molar-refractivity contribution in [2.45, 2.75) is 23.5 Å². The van der Waals surface area contributed by atoms with Gasteiger partial charge in [0.2, 0.25) is 10.0 Å². The Balaban J connectivity index is 1.94. The Kier molecular flexibility index (Phi) is 4.14. The van der Waals surface area contributed by atoms with Gasteiger partial charge in [0, 0.05) is 32.0 Å². The zero-order valence-corrected chi connectivity index (χ0v) is 13.2. The molecule has 3 heterocycles. The van der Waals surface area contributed by atoms with Crippen molar-refractivity contribution in [1.29, 1.82) is 5.26 Å². The quantitative estimate of drug-likeness (QED) is 0.764. The maximum Gasteiger partial charge on any atom is 0.245 e. The number of fused-ring (bicyclic) bond motifs is 1. The van der Waals surface area contributed by atoms with Crippen LogP contribution in [0, 0.1) is 11.3 Å². The van der Waals surface area contributed by atoms with E-state index in [2.05, 4.69) is 9.88 Å². The molecule has 2 aliphatic rings. The van der Waals surface area contributed by atoms with Gasteiger partial charge in [0.15, 0.2) is 0 Å². The van der Waals surface area contributed by atoms with Crippen LogP contribution in [0.2, 0.25) is 0 Å². The predicted octanol–water partition coefficient (Wildman–Crippen LogP) is 0.0469. The van der Waals surface area contributed by atoms with Gasteiger partial charge in [-0.05, 0) is 19.5 Å². The zero-order valence-electron chi connectivity index (χ0n) is 12.3. The van der Waals surface area contributed by atoms with E-state index >= 15 is 0 Å². The summed E-state index contributed by atoms with van der Waals surface area (Å²) in [5.74, 6) is 0. The van der Waals surface area contributed by atoms with Gasteiger partial charge in [-0.1, -0.05) is 0 Å². The third kappa shape index (κ3) is 2.73. The number of aromatic nitrogens is 1. The van der Waals surface area contributed by atoms with E-state index in [-0.39, 0.29) is 22.6 Å². The van der Waals surface area contributed by atoms with Crippen molar-refractivity contribution >= 4 is 10.0 Å². The molecule has 0 spiro atoms. The van der Waals surface area contributed by atoms with E-state index in [1.165, 1.54) is 22.8 Å². The molecule has 0 aliphatic carbocycles. The van der Waals surface area contributed by atoms with Crippen molar-refractivity contribution < 1.29 is 13.2 Å². The van der Waals surface area contributed by atoms with Crippen LogP contribution >= 0.6 is 0 Å². The fraction of sp³-hybridized carbons (Fsp3) is 0.571. The number of ether oxygens (including phenoxy) is 1. The molecule has 2 fully saturated rings. The van der Waals surface area contributed by atoms with E-state index < -0.39 is 10.0 Å². The Morgan fingerprint density at radius 1 is 1.41 bits per heavy atom. The van der Waals surface area contributed by atoms with E-state index in [9.17, 15) is 8.42 Å². The molecular weight excluding hydrogens is 304 g/mol. The van der Waals surface area contributed by atoms with Gasteiger partial charge >= 0.3 is 0 Å². The molecule has 0 aromatic carbocycles. The van der Waals surface area contributed by atoms with Gasteiger partial charge < -0.3 is 9.64 Å². The summed E-state index contributed by atoms with van der Waals surface area (Å²) in [7, 11) is -1.70. The van der Waals surface area contributed by atoms with Crippen LogP contribution in [0.15, 0.2) is 23.4 Å². The number of morpholine rings is 1. The standard InChI is InChI=1S/C14H18N4O3S/c1-17-3-2-14-13(10-17)18(4-5-21-14)22(19,20)12-6-11(7-15)8-16-9-12/h6,8-9,13-14H,2-5,10H2,1H3. The normalized spacial score (nSPS) is 27.1.